The molecule has 6 heteroatoms. The average Bonchev–Trinajstić information content (AvgIpc) is 3.28. The number of ether oxygens (including phenoxy) is 2. The molecule has 4 heterocycles. The minimum atomic E-state index is -0.239. The number of benzene rings is 2. The highest BCUT2D eigenvalue weighted by Gasteiger charge is 2.48. The first kappa shape index (κ1) is 22.9. The van der Waals surface area contributed by atoms with Gasteiger partial charge >= 0.3 is 6.09 Å². The molecule has 0 N–H and O–H groups in total. The Hall–Kier alpha value is -2.83. The lowest BCUT2D eigenvalue weighted by Crippen LogP contribution is -2.65. The van der Waals surface area contributed by atoms with Crippen molar-refractivity contribution in [1.82, 2.24) is 0 Å². The summed E-state index contributed by atoms with van der Waals surface area (Å²) in [4.78, 5) is 16.5. The first-order valence-corrected chi connectivity index (χ1v) is 13.1. The third-order valence-corrected chi connectivity index (χ3v) is 8.44. The molecule has 6 rings (SSSR count). The number of hydrogen-bond acceptors (Lipinski definition) is 4. The largest absolute Gasteiger partial charge is 0.488 e. The molecule has 34 heavy (non-hydrogen) atoms. The van der Waals surface area contributed by atoms with Crippen LogP contribution in [0.5, 0.6) is 5.75 Å². The second-order valence-corrected chi connectivity index (χ2v) is 10.6. The van der Waals surface area contributed by atoms with Crippen molar-refractivity contribution in [2.24, 2.45) is 5.92 Å². The Morgan fingerprint density at radius 3 is 2.41 bits per heavy atom. The summed E-state index contributed by atoms with van der Waals surface area (Å²) in [5.74, 6) is 1.37. The maximum atomic E-state index is 13.5. The monoisotopic (exact) mass is 477 g/mol. The van der Waals surface area contributed by atoms with E-state index in [9.17, 15) is 4.79 Å². The smallest absolute Gasteiger partial charge is 0.415 e. The Bertz CT molecular complexity index is 1080. The molecule has 1 atom stereocenters. The summed E-state index contributed by atoms with van der Waals surface area (Å²) in [6.45, 7) is 7.44. The minimum Gasteiger partial charge on any atom is -0.488 e. The topological polar surface area (TPSA) is 38.8 Å². The summed E-state index contributed by atoms with van der Waals surface area (Å²) in [6.07, 6.45) is 1.94. The zero-order chi connectivity index (χ0) is 23.4. The number of quaternary nitrogens is 1. The molecule has 178 valence electrons. The fourth-order valence-corrected chi connectivity index (χ4v) is 6.21. The van der Waals surface area contributed by atoms with Crippen molar-refractivity contribution in [3.63, 3.8) is 0 Å². The highest BCUT2D eigenvalue weighted by atomic mass is 32.1. The van der Waals surface area contributed by atoms with Crippen LogP contribution in [0.25, 0.3) is 0 Å². The highest BCUT2D eigenvalue weighted by Crippen LogP contribution is 2.36. The van der Waals surface area contributed by atoms with Crippen molar-refractivity contribution < 1.29 is 18.8 Å². The molecule has 0 aliphatic carbocycles. The SMILES string of the molecule is Cc1ccsc1CN(C(=O)O[C@H]1C[N+]2(CCOc3ccccc3)CCC1CC2)c1ccccc1. The van der Waals surface area contributed by atoms with Gasteiger partial charge in [0.25, 0.3) is 0 Å². The van der Waals surface area contributed by atoms with E-state index in [4.69, 9.17) is 9.47 Å². The molecule has 2 aromatic carbocycles. The zero-order valence-electron chi connectivity index (χ0n) is 19.8. The van der Waals surface area contributed by atoms with E-state index in [1.54, 1.807) is 16.2 Å². The van der Waals surface area contributed by atoms with Crippen molar-refractivity contribution in [3.05, 3.63) is 82.6 Å². The maximum absolute atomic E-state index is 13.5. The molecule has 5 nitrogen and oxygen atoms in total. The molecule has 3 aromatic rings. The van der Waals surface area contributed by atoms with Crippen LogP contribution in [0.3, 0.4) is 0 Å². The van der Waals surface area contributed by atoms with E-state index in [2.05, 4.69) is 18.4 Å². The Balaban J connectivity index is 1.25. The molecule has 1 amide bonds. The van der Waals surface area contributed by atoms with Crippen molar-refractivity contribution in [1.29, 1.82) is 0 Å². The second kappa shape index (κ2) is 10.2. The number of nitrogens with zero attached hydrogens (tertiary/aromatic N) is 2. The predicted molar refractivity (Wildman–Crippen MR) is 136 cm³/mol. The van der Waals surface area contributed by atoms with Crippen LogP contribution in [0.1, 0.15) is 23.3 Å². The Kier molecular flexibility index (Phi) is 6.88. The van der Waals surface area contributed by atoms with E-state index in [0.29, 0.717) is 19.1 Å². The number of amides is 1. The Labute approximate surface area is 206 Å². The summed E-state index contributed by atoms with van der Waals surface area (Å²) >= 11 is 1.69. The van der Waals surface area contributed by atoms with Gasteiger partial charge in [-0.05, 0) is 48.2 Å². The van der Waals surface area contributed by atoms with Gasteiger partial charge in [0, 0.05) is 29.3 Å². The Morgan fingerprint density at radius 1 is 1.03 bits per heavy atom. The van der Waals surface area contributed by atoms with Crippen LogP contribution in [0.15, 0.2) is 72.1 Å². The van der Waals surface area contributed by atoms with Crippen LogP contribution in [0.2, 0.25) is 0 Å². The average molecular weight is 478 g/mol. The number of hydrogen-bond donors (Lipinski definition) is 0. The summed E-state index contributed by atoms with van der Waals surface area (Å²) in [6, 6.07) is 22.0. The number of carbonyl (C=O) groups excluding carboxylic acids is 1. The standard InChI is InChI=1S/C28H33N2O3S/c1-22-14-19-34-27(22)20-29(24-8-4-2-5-9-24)28(31)33-26-21-30(15-12-23(26)13-16-30)17-18-32-25-10-6-3-7-11-25/h2-11,14,19,23,26H,12-13,15-18,20-21H2,1H3/q+1/t23?,26-,30?/m0/s1. The van der Waals surface area contributed by atoms with E-state index in [1.165, 1.54) is 10.4 Å². The summed E-state index contributed by atoms with van der Waals surface area (Å²) < 4.78 is 13.2. The fourth-order valence-electron chi connectivity index (χ4n) is 5.31. The molecule has 3 saturated heterocycles. The third kappa shape index (κ3) is 5.13. The predicted octanol–water partition coefficient (Wildman–Crippen LogP) is 5.89. The van der Waals surface area contributed by atoms with E-state index < -0.39 is 0 Å². The molecule has 3 aliphatic heterocycles. The van der Waals surface area contributed by atoms with Crippen LogP contribution in [-0.4, -0.2) is 49.5 Å². The number of para-hydroxylation sites is 2. The van der Waals surface area contributed by atoms with Gasteiger partial charge in [-0.2, -0.15) is 0 Å². The number of thiophene rings is 1. The molecule has 0 spiro atoms. The summed E-state index contributed by atoms with van der Waals surface area (Å²) in [5.41, 5.74) is 2.09. The van der Waals surface area contributed by atoms with Gasteiger partial charge in [-0.25, -0.2) is 4.79 Å². The van der Waals surface area contributed by atoms with Gasteiger partial charge in [-0.15, -0.1) is 11.3 Å². The van der Waals surface area contributed by atoms with Gasteiger partial charge in [-0.3, -0.25) is 4.90 Å². The lowest BCUT2D eigenvalue weighted by Gasteiger charge is -2.52. The molecule has 3 aliphatic rings. The van der Waals surface area contributed by atoms with Crippen molar-refractivity contribution >= 4 is 23.1 Å². The van der Waals surface area contributed by atoms with Crippen LogP contribution < -0.4 is 9.64 Å². The molecule has 1 aromatic heterocycles. The molecular formula is C28H33N2O3S+. The second-order valence-electron chi connectivity index (χ2n) is 9.56. The van der Waals surface area contributed by atoms with Crippen molar-refractivity contribution in [2.75, 3.05) is 37.7 Å². The van der Waals surface area contributed by atoms with Gasteiger partial charge < -0.3 is 14.0 Å². The van der Waals surface area contributed by atoms with Crippen LogP contribution in [0.4, 0.5) is 10.5 Å². The highest BCUT2D eigenvalue weighted by molar-refractivity contribution is 7.10. The number of fused-ring (bicyclic) bond motifs is 3. The Morgan fingerprint density at radius 2 is 1.74 bits per heavy atom. The van der Waals surface area contributed by atoms with E-state index >= 15 is 0 Å². The first-order chi connectivity index (χ1) is 16.6. The molecule has 0 unspecified atom stereocenters. The molecule has 0 saturated carbocycles. The van der Waals surface area contributed by atoms with Crippen LogP contribution in [-0.2, 0) is 11.3 Å². The van der Waals surface area contributed by atoms with E-state index in [-0.39, 0.29) is 12.2 Å². The first-order valence-electron chi connectivity index (χ1n) is 12.2. The zero-order valence-corrected chi connectivity index (χ0v) is 20.6. The maximum Gasteiger partial charge on any atom is 0.415 e. The quantitative estimate of drug-likeness (QED) is 0.380. The van der Waals surface area contributed by atoms with Gasteiger partial charge in [-0.1, -0.05) is 36.4 Å². The third-order valence-electron chi connectivity index (χ3n) is 7.43. The molecule has 2 bridgehead atoms. The number of piperidine rings is 3. The minimum absolute atomic E-state index is 0.0395. The van der Waals surface area contributed by atoms with Gasteiger partial charge in [0.2, 0.25) is 0 Å². The van der Waals surface area contributed by atoms with Crippen molar-refractivity contribution in [2.45, 2.75) is 32.4 Å². The molecular weight excluding hydrogens is 444 g/mol. The van der Waals surface area contributed by atoms with E-state index in [0.717, 1.165) is 54.9 Å². The molecule has 3 fully saturated rings. The lowest BCUT2D eigenvalue weighted by atomic mass is 9.83. The summed E-state index contributed by atoms with van der Waals surface area (Å²) in [7, 11) is 0. The summed E-state index contributed by atoms with van der Waals surface area (Å²) in [5, 5.41) is 2.08. The van der Waals surface area contributed by atoms with Gasteiger partial charge in [0.1, 0.15) is 25.4 Å². The number of carbonyl (C=O) groups is 1. The molecule has 0 radical (unpaired) electrons. The lowest BCUT2D eigenvalue weighted by molar-refractivity contribution is -0.946. The number of rotatable bonds is 8. The van der Waals surface area contributed by atoms with E-state index in [1.807, 2.05) is 60.7 Å². The van der Waals surface area contributed by atoms with Gasteiger partial charge in [0.05, 0.1) is 19.6 Å². The van der Waals surface area contributed by atoms with Crippen LogP contribution in [0, 0.1) is 12.8 Å². The normalized spacial score (nSPS) is 23.4. The number of aryl methyl sites for hydroxylation is 1. The van der Waals surface area contributed by atoms with Crippen LogP contribution >= 0.6 is 11.3 Å². The fraction of sp³-hybridized carbons (Fsp3) is 0.393. The van der Waals surface area contributed by atoms with Crippen molar-refractivity contribution in [3.8, 4) is 5.75 Å². The number of anilines is 1. The van der Waals surface area contributed by atoms with Gasteiger partial charge in [0.15, 0.2) is 6.10 Å².